The molecule has 1 aliphatic rings. The molecular weight excluding hydrogens is 148 g/mol. The molecule has 0 saturated heterocycles. The highest BCUT2D eigenvalue weighted by molar-refractivity contribution is 4.90. The summed E-state index contributed by atoms with van der Waals surface area (Å²) in [6.45, 7) is -0.260. The zero-order valence-corrected chi connectivity index (χ0v) is 6.22. The molecule has 0 radical (unpaired) electrons. The third-order valence-electron chi connectivity index (χ3n) is 2.39. The van der Waals surface area contributed by atoms with Crippen molar-refractivity contribution >= 4 is 0 Å². The van der Waals surface area contributed by atoms with Crippen LogP contribution in [0.5, 0.6) is 0 Å². The summed E-state index contributed by atoms with van der Waals surface area (Å²) >= 11 is 0. The van der Waals surface area contributed by atoms with Crippen LogP contribution < -0.4 is 0 Å². The van der Waals surface area contributed by atoms with Gasteiger partial charge >= 0.3 is 0 Å². The van der Waals surface area contributed by atoms with Crippen molar-refractivity contribution < 1.29 is 20.4 Å². The molecule has 0 amide bonds. The average molecular weight is 162 g/mol. The number of aliphatic hydroxyl groups excluding tert-OH is 4. The van der Waals surface area contributed by atoms with Crippen LogP contribution in [-0.2, 0) is 0 Å². The second kappa shape index (κ2) is 3.49. The first-order valence-corrected chi connectivity index (χ1v) is 3.78. The molecule has 0 spiro atoms. The zero-order chi connectivity index (χ0) is 8.43. The summed E-state index contributed by atoms with van der Waals surface area (Å²) in [5, 5.41) is 35.9. The Morgan fingerprint density at radius 1 is 0.909 bits per heavy atom. The van der Waals surface area contributed by atoms with Crippen molar-refractivity contribution in [2.75, 3.05) is 13.2 Å². The highest BCUT2D eigenvalue weighted by Gasteiger charge is 2.40. The average Bonchev–Trinajstić information content (AvgIpc) is 2.30. The van der Waals surface area contributed by atoms with E-state index in [0.717, 1.165) is 0 Å². The molecule has 0 aliphatic heterocycles. The summed E-state index contributed by atoms with van der Waals surface area (Å²) in [4.78, 5) is 0. The lowest BCUT2D eigenvalue weighted by Gasteiger charge is -2.14. The third kappa shape index (κ3) is 1.54. The highest BCUT2D eigenvalue weighted by Crippen LogP contribution is 2.30. The van der Waals surface area contributed by atoms with E-state index in [2.05, 4.69) is 0 Å². The molecule has 0 bridgehead atoms. The third-order valence-corrected chi connectivity index (χ3v) is 2.39. The summed E-state index contributed by atoms with van der Waals surface area (Å²) < 4.78 is 0. The Bertz CT molecular complexity index is 110. The van der Waals surface area contributed by atoms with E-state index in [1.54, 1.807) is 0 Å². The molecule has 0 unspecified atom stereocenters. The summed E-state index contributed by atoms with van der Waals surface area (Å²) in [5.74, 6) is -0.552. The molecule has 1 aliphatic carbocycles. The molecule has 4 heteroatoms. The van der Waals surface area contributed by atoms with Gasteiger partial charge in [0.15, 0.2) is 0 Å². The van der Waals surface area contributed by atoms with Gasteiger partial charge in [0.2, 0.25) is 0 Å². The Balaban J connectivity index is 2.53. The fraction of sp³-hybridized carbons (Fsp3) is 1.00. The van der Waals surface area contributed by atoms with Gasteiger partial charge < -0.3 is 20.4 Å². The maximum absolute atomic E-state index is 9.24. The van der Waals surface area contributed by atoms with Crippen LogP contribution in [0, 0.1) is 11.8 Å². The Labute approximate surface area is 65.1 Å². The molecule has 0 aromatic carbocycles. The van der Waals surface area contributed by atoms with Crippen molar-refractivity contribution in [1.29, 1.82) is 0 Å². The van der Waals surface area contributed by atoms with Crippen molar-refractivity contribution in [3.05, 3.63) is 0 Å². The molecule has 4 nitrogen and oxygen atoms in total. The number of hydrogen-bond acceptors (Lipinski definition) is 4. The molecule has 0 heterocycles. The number of aliphatic hydroxyl groups is 4. The van der Waals surface area contributed by atoms with Crippen LogP contribution in [0.2, 0.25) is 0 Å². The predicted molar refractivity (Wildman–Crippen MR) is 37.8 cm³/mol. The van der Waals surface area contributed by atoms with E-state index in [4.69, 9.17) is 10.2 Å². The predicted octanol–water partition coefficient (Wildman–Crippen LogP) is -1.67. The molecule has 66 valence electrons. The topological polar surface area (TPSA) is 80.9 Å². The maximum Gasteiger partial charge on any atom is 0.0852 e. The van der Waals surface area contributed by atoms with Gasteiger partial charge in [0, 0.05) is 25.0 Å². The quantitative estimate of drug-likeness (QED) is 0.391. The number of hydrogen-bond donors (Lipinski definition) is 4. The van der Waals surface area contributed by atoms with E-state index >= 15 is 0 Å². The summed E-state index contributed by atoms with van der Waals surface area (Å²) in [6, 6.07) is 0. The molecular formula is C7H14O4. The van der Waals surface area contributed by atoms with E-state index in [9.17, 15) is 10.2 Å². The Morgan fingerprint density at radius 3 is 1.45 bits per heavy atom. The van der Waals surface area contributed by atoms with Gasteiger partial charge in [0.1, 0.15) is 0 Å². The van der Waals surface area contributed by atoms with E-state index in [1.165, 1.54) is 0 Å². The lowest BCUT2D eigenvalue weighted by atomic mass is 10.1. The van der Waals surface area contributed by atoms with Gasteiger partial charge in [-0.25, -0.2) is 0 Å². The Hall–Kier alpha value is -0.160. The van der Waals surface area contributed by atoms with Crippen LogP contribution in [-0.4, -0.2) is 45.8 Å². The van der Waals surface area contributed by atoms with Crippen LogP contribution in [0.15, 0.2) is 0 Å². The van der Waals surface area contributed by atoms with Gasteiger partial charge in [-0.15, -0.1) is 0 Å². The zero-order valence-electron chi connectivity index (χ0n) is 6.22. The normalized spacial score (nSPS) is 44.7. The van der Waals surface area contributed by atoms with Crippen LogP contribution >= 0.6 is 0 Å². The van der Waals surface area contributed by atoms with Gasteiger partial charge in [-0.1, -0.05) is 0 Å². The van der Waals surface area contributed by atoms with Crippen LogP contribution in [0.3, 0.4) is 0 Å². The second-order valence-electron chi connectivity index (χ2n) is 3.10. The summed E-state index contributed by atoms with van der Waals surface area (Å²) in [7, 11) is 0. The fourth-order valence-electron chi connectivity index (χ4n) is 1.59. The lowest BCUT2D eigenvalue weighted by molar-refractivity contribution is -0.0135. The monoisotopic (exact) mass is 162 g/mol. The second-order valence-corrected chi connectivity index (χ2v) is 3.10. The first-order chi connectivity index (χ1) is 5.20. The van der Waals surface area contributed by atoms with Crippen LogP contribution in [0.25, 0.3) is 0 Å². The molecule has 4 atom stereocenters. The molecule has 1 rings (SSSR count). The molecule has 1 fully saturated rings. The summed E-state index contributed by atoms with van der Waals surface area (Å²) in [6.07, 6.45) is -1.26. The van der Waals surface area contributed by atoms with Crippen LogP contribution in [0.1, 0.15) is 6.42 Å². The van der Waals surface area contributed by atoms with Crippen molar-refractivity contribution in [1.82, 2.24) is 0 Å². The molecule has 4 N–H and O–H groups in total. The van der Waals surface area contributed by atoms with Gasteiger partial charge in [-0.05, 0) is 6.42 Å². The molecule has 0 aromatic rings. The molecule has 1 saturated carbocycles. The minimum Gasteiger partial charge on any atom is -0.396 e. The Morgan fingerprint density at radius 2 is 1.27 bits per heavy atom. The molecule has 0 aromatic heterocycles. The largest absolute Gasteiger partial charge is 0.396 e. The van der Waals surface area contributed by atoms with Gasteiger partial charge in [-0.3, -0.25) is 0 Å². The fourth-order valence-corrected chi connectivity index (χ4v) is 1.59. The van der Waals surface area contributed by atoms with E-state index in [0.29, 0.717) is 6.42 Å². The minimum absolute atomic E-state index is 0.130. The SMILES string of the molecule is OC[C@H]1C[C@H](CO)[C@@H](O)[C@@H]1O. The van der Waals surface area contributed by atoms with Crippen LogP contribution in [0.4, 0.5) is 0 Å². The van der Waals surface area contributed by atoms with Crippen molar-refractivity contribution in [2.24, 2.45) is 11.8 Å². The number of rotatable bonds is 2. The maximum atomic E-state index is 9.24. The lowest BCUT2D eigenvalue weighted by Crippen LogP contribution is -2.30. The highest BCUT2D eigenvalue weighted by atomic mass is 16.3. The van der Waals surface area contributed by atoms with Crippen molar-refractivity contribution in [3.63, 3.8) is 0 Å². The first kappa shape index (κ1) is 8.93. The minimum atomic E-state index is -0.878. The van der Waals surface area contributed by atoms with Crippen molar-refractivity contribution in [2.45, 2.75) is 18.6 Å². The first-order valence-electron chi connectivity index (χ1n) is 3.78. The van der Waals surface area contributed by atoms with E-state index < -0.39 is 12.2 Å². The van der Waals surface area contributed by atoms with Gasteiger partial charge in [-0.2, -0.15) is 0 Å². The summed E-state index contributed by atoms with van der Waals surface area (Å²) in [5.41, 5.74) is 0. The Kier molecular flexibility index (Phi) is 2.84. The van der Waals surface area contributed by atoms with Crippen molar-refractivity contribution in [3.8, 4) is 0 Å². The van der Waals surface area contributed by atoms with E-state index in [1.807, 2.05) is 0 Å². The molecule has 11 heavy (non-hydrogen) atoms. The van der Waals surface area contributed by atoms with Gasteiger partial charge in [0.25, 0.3) is 0 Å². The van der Waals surface area contributed by atoms with Gasteiger partial charge in [0.05, 0.1) is 12.2 Å². The smallest absolute Gasteiger partial charge is 0.0852 e. The van der Waals surface area contributed by atoms with E-state index in [-0.39, 0.29) is 25.0 Å². The standard InChI is InChI=1S/C7H14O4/c8-2-4-1-5(3-9)7(11)6(4)10/h4-11H,1-3H2/t4-,5-,6-,7-/m1/s1.